The Balaban J connectivity index is 4.00. The lowest BCUT2D eigenvalue weighted by Gasteiger charge is -2.18. The van der Waals surface area contributed by atoms with E-state index in [4.69, 9.17) is 9.84 Å². The van der Waals surface area contributed by atoms with Gasteiger partial charge in [0.2, 0.25) is 0 Å². The zero-order valence-electron chi connectivity index (χ0n) is 29.0. The summed E-state index contributed by atoms with van der Waals surface area (Å²) in [4.78, 5) is 23.3. The van der Waals surface area contributed by atoms with Gasteiger partial charge in [0.15, 0.2) is 0 Å². The summed E-state index contributed by atoms with van der Waals surface area (Å²) in [6, 6.07) is 0. The smallest absolute Gasteiger partial charge is 0.306 e. The molecule has 4 nitrogen and oxygen atoms in total. The van der Waals surface area contributed by atoms with Gasteiger partial charge < -0.3 is 9.84 Å². The predicted octanol–water partition coefficient (Wildman–Crippen LogP) is 13.1. The van der Waals surface area contributed by atoms with Crippen LogP contribution >= 0.6 is 0 Å². The second kappa shape index (κ2) is 35.2. The Morgan fingerprint density at radius 3 is 1.26 bits per heavy atom. The molecule has 0 aromatic heterocycles. The molecule has 4 heteroatoms. The number of ether oxygens (including phenoxy) is 1. The average Bonchev–Trinajstić information content (AvgIpc) is 2.99. The Morgan fingerprint density at radius 2 is 0.837 bits per heavy atom. The molecule has 43 heavy (non-hydrogen) atoms. The first-order chi connectivity index (χ1) is 21.1. The van der Waals surface area contributed by atoms with E-state index in [0.29, 0.717) is 6.42 Å². The van der Waals surface area contributed by atoms with E-state index < -0.39 is 5.97 Å². The normalized spacial score (nSPS) is 12.2. The van der Waals surface area contributed by atoms with Crippen LogP contribution in [-0.2, 0) is 14.3 Å². The highest BCUT2D eigenvalue weighted by Gasteiger charge is 2.14. The van der Waals surface area contributed by atoms with Crippen LogP contribution in [0.4, 0.5) is 0 Å². The SMILES string of the molecule is CCCCCCCC/C=C\CCCCCCCC(=O)OC(CCCCCCCCCCCC)CCCCCCCC(=O)O. The largest absolute Gasteiger partial charge is 0.481 e. The highest BCUT2D eigenvalue weighted by molar-refractivity contribution is 5.69. The fourth-order valence-corrected chi connectivity index (χ4v) is 5.89. The highest BCUT2D eigenvalue weighted by atomic mass is 16.5. The molecule has 0 spiro atoms. The van der Waals surface area contributed by atoms with Gasteiger partial charge in [-0.05, 0) is 64.2 Å². The minimum atomic E-state index is -0.699. The predicted molar refractivity (Wildman–Crippen MR) is 186 cm³/mol. The number of aliphatic carboxylic acids is 1. The molecule has 0 aliphatic heterocycles. The summed E-state index contributed by atoms with van der Waals surface area (Å²) in [7, 11) is 0. The van der Waals surface area contributed by atoms with Crippen molar-refractivity contribution in [3.8, 4) is 0 Å². The van der Waals surface area contributed by atoms with Crippen LogP contribution in [0.1, 0.15) is 219 Å². The van der Waals surface area contributed by atoms with Crippen LogP contribution < -0.4 is 0 Å². The van der Waals surface area contributed by atoms with Crippen molar-refractivity contribution < 1.29 is 19.4 Å². The monoisotopic (exact) mass is 607 g/mol. The molecule has 1 unspecified atom stereocenters. The Hall–Kier alpha value is -1.32. The zero-order chi connectivity index (χ0) is 31.5. The molecular formula is C39H74O4. The Morgan fingerprint density at radius 1 is 0.488 bits per heavy atom. The molecule has 0 rings (SSSR count). The van der Waals surface area contributed by atoms with Crippen molar-refractivity contribution >= 4 is 11.9 Å². The van der Waals surface area contributed by atoms with Gasteiger partial charge in [0, 0.05) is 12.8 Å². The molecule has 0 heterocycles. The van der Waals surface area contributed by atoms with Gasteiger partial charge in [-0.15, -0.1) is 0 Å². The molecule has 0 saturated carbocycles. The fourth-order valence-electron chi connectivity index (χ4n) is 5.89. The number of allylic oxidation sites excluding steroid dienone is 2. The van der Waals surface area contributed by atoms with Crippen LogP contribution in [0.3, 0.4) is 0 Å². The standard InChI is InChI=1S/C39H74O4/c1-3-5-7-9-11-13-15-16-17-18-19-21-23-28-32-36-39(42)43-37(34-30-26-24-27-31-35-38(40)41)33-29-25-22-20-14-12-10-8-6-4-2/h16-17,37H,3-15,18-36H2,1-2H3,(H,40,41)/b17-16-. The molecule has 0 aromatic carbocycles. The van der Waals surface area contributed by atoms with Crippen molar-refractivity contribution in [3.05, 3.63) is 12.2 Å². The molecule has 0 aromatic rings. The first kappa shape index (κ1) is 41.7. The Kier molecular flexibility index (Phi) is 34.1. The Bertz CT molecular complexity index is 614. The lowest BCUT2D eigenvalue weighted by Crippen LogP contribution is -2.18. The topological polar surface area (TPSA) is 63.6 Å². The van der Waals surface area contributed by atoms with Crippen LogP contribution in [0.15, 0.2) is 12.2 Å². The molecular weight excluding hydrogens is 532 g/mol. The number of rotatable bonds is 35. The van der Waals surface area contributed by atoms with E-state index in [1.54, 1.807) is 0 Å². The minimum absolute atomic E-state index is 0.00355. The van der Waals surface area contributed by atoms with Crippen molar-refractivity contribution in [2.75, 3.05) is 0 Å². The van der Waals surface area contributed by atoms with Gasteiger partial charge in [0.05, 0.1) is 0 Å². The highest BCUT2D eigenvalue weighted by Crippen LogP contribution is 2.19. The molecule has 0 radical (unpaired) electrons. The second-order valence-electron chi connectivity index (χ2n) is 13.1. The van der Waals surface area contributed by atoms with E-state index in [9.17, 15) is 9.59 Å². The number of carbonyl (C=O) groups is 2. The summed E-state index contributed by atoms with van der Waals surface area (Å²) in [5, 5.41) is 8.80. The maximum Gasteiger partial charge on any atom is 0.306 e. The maximum absolute atomic E-state index is 12.6. The minimum Gasteiger partial charge on any atom is -0.481 e. The van der Waals surface area contributed by atoms with Gasteiger partial charge in [-0.25, -0.2) is 0 Å². The van der Waals surface area contributed by atoms with Crippen LogP contribution in [0.2, 0.25) is 0 Å². The lowest BCUT2D eigenvalue weighted by molar-refractivity contribution is -0.150. The fraction of sp³-hybridized carbons (Fsp3) is 0.897. The van der Waals surface area contributed by atoms with Crippen molar-refractivity contribution in [2.45, 2.75) is 225 Å². The van der Waals surface area contributed by atoms with E-state index in [1.807, 2.05) is 0 Å². The maximum atomic E-state index is 12.6. The first-order valence-electron chi connectivity index (χ1n) is 19.2. The number of carboxylic acids is 1. The van der Waals surface area contributed by atoms with Gasteiger partial charge in [-0.2, -0.15) is 0 Å². The first-order valence-corrected chi connectivity index (χ1v) is 19.2. The van der Waals surface area contributed by atoms with Gasteiger partial charge in [-0.3, -0.25) is 9.59 Å². The van der Waals surface area contributed by atoms with E-state index in [0.717, 1.165) is 64.2 Å². The number of esters is 1. The van der Waals surface area contributed by atoms with Gasteiger partial charge in [-0.1, -0.05) is 154 Å². The summed E-state index contributed by atoms with van der Waals surface area (Å²) in [5.41, 5.74) is 0. The summed E-state index contributed by atoms with van der Waals surface area (Å²) in [6.45, 7) is 4.54. The molecule has 0 aliphatic carbocycles. The quantitative estimate of drug-likeness (QED) is 0.0443. The number of carbonyl (C=O) groups excluding carboxylic acids is 1. The van der Waals surface area contributed by atoms with Gasteiger partial charge in [0.25, 0.3) is 0 Å². The van der Waals surface area contributed by atoms with Crippen molar-refractivity contribution in [2.24, 2.45) is 0 Å². The molecule has 1 N–H and O–H groups in total. The Labute approximate surface area is 268 Å². The van der Waals surface area contributed by atoms with Crippen LogP contribution in [0.5, 0.6) is 0 Å². The summed E-state index contributed by atoms with van der Waals surface area (Å²) < 4.78 is 5.99. The van der Waals surface area contributed by atoms with E-state index in [2.05, 4.69) is 26.0 Å². The number of hydrogen-bond donors (Lipinski definition) is 1. The molecule has 0 bridgehead atoms. The summed E-state index contributed by atoms with van der Waals surface area (Å²) in [6.07, 6.45) is 42.2. The molecule has 0 amide bonds. The molecule has 1 atom stereocenters. The summed E-state index contributed by atoms with van der Waals surface area (Å²) >= 11 is 0. The molecule has 0 saturated heterocycles. The lowest BCUT2D eigenvalue weighted by atomic mass is 10.0. The van der Waals surface area contributed by atoms with Gasteiger partial charge in [0.1, 0.15) is 6.10 Å². The third kappa shape index (κ3) is 35.0. The molecule has 0 fully saturated rings. The van der Waals surface area contributed by atoms with E-state index >= 15 is 0 Å². The third-order valence-corrected chi connectivity index (χ3v) is 8.74. The number of unbranched alkanes of at least 4 members (excludes halogenated alkanes) is 24. The second-order valence-corrected chi connectivity index (χ2v) is 13.1. The zero-order valence-corrected chi connectivity index (χ0v) is 29.0. The van der Waals surface area contributed by atoms with E-state index in [1.165, 1.54) is 128 Å². The van der Waals surface area contributed by atoms with Crippen LogP contribution in [-0.4, -0.2) is 23.1 Å². The van der Waals surface area contributed by atoms with Crippen molar-refractivity contribution in [3.63, 3.8) is 0 Å². The third-order valence-electron chi connectivity index (χ3n) is 8.74. The van der Waals surface area contributed by atoms with Crippen LogP contribution in [0, 0.1) is 0 Å². The van der Waals surface area contributed by atoms with Gasteiger partial charge >= 0.3 is 11.9 Å². The average molecular weight is 607 g/mol. The number of hydrogen-bond acceptors (Lipinski definition) is 3. The van der Waals surface area contributed by atoms with Crippen molar-refractivity contribution in [1.82, 2.24) is 0 Å². The van der Waals surface area contributed by atoms with Crippen molar-refractivity contribution in [1.29, 1.82) is 0 Å². The van der Waals surface area contributed by atoms with Crippen LogP contribution in [0.25, 0.3) is 0 Å². The summed E-state index contributed by atoms with van der Waals surface area (Å²) in [5.74, 6) is -0.703. The van der Waals surface area contributed by atoms with E-state index in [-0.39, 0.29) is 18.5 Å². The molecule has 0 aliphatic rings. The molecule has 254 valence electrons. The number of carboxylic acid groups (broad SMARTS) is 1.